The summed E-state index contributed by atoms with van der Waals surface area (Å²) in [5.41, 5.74) is 6.56. The molecule has 1 aromatic rings. The van der Waals surface area contributed by atoms with Crippen LogP contribution in [0.5, 0.6) is 0 Å². The summed E-state index contributed by atoms with van der Waals surface area (Å²) in [6, 6.07) is 6.68. The highest BCUT2D eigenvalue weighted by Crippen LogP contribution is 2.05. The molecule has 1 rings (SSSR count). The third-order valence-corrected chi connectivity index (χ3v) is 1.55. The Kier molecular flexibility index (Phi) is 5.67. The van der Waals surface area contributed by atoms with Crippen LogP contribution in [0, 0.1) is 0 Å². The maximum atomic E-state index is 11.3. The summed E-state index contributed by atoms with van der Waals surface area (Å²) in [6.45, 7) is 0.196. The first-order valence-corrected chi connectivity index (χ1v) is 3.98. The van der Waals surface area contributed by atoms with Crippen molar-refractivity contribution in [3.63, 3.8) is 0 Å². The third-order valence-electron chi connectivity index (χ3n) is 1.55. The number of benzene rings is 1. The molecule has 4 nitrogen and oxygen atoms in total. The minimum atomic E-state index is -0.221. The Morgan fingerprint density at radius 2 is 2.21 bits per heavy atom. The van der Waals surface area contributed by atoms with Crippen LogP contribution in [0.3, 0.4) is 0 Å². The van der Waals surface area contributed by atoms with E-state index in [2.05, 4.69) is 5.32 Å². The molecule has 0 aliphatic heterocycles. The molecular formula is C9H13ClN2O2. The highest BCUT2D eigenvalue weighted by Gasteiger charge is 2.03. The zero-order valence-corrected chi connectivity index (χ0v) is 8.38. The Bertz CT molecular complexity index is 305. The number of halogens is 1. The lowest BCUT2D eigenvalue weighted by Gasteiger charge is -2.03. The zero-order chi connectivity index (χ0) is 9.68. The molecule has 1 amide bonds. The average molecular weight is 217 g/mol. The maximum absolute atomic E-state index is 11.3. The molecule has 0 bridgehead atoms. The number of nitrogens with two attached hydrogens (primary N) is 1. The fourth-order valence-corrected chi connectivity index (χ4v) is 0.951. The number of amides is 1. The van der Waals surface area contributed by atoms with Crippen LogP contribution in [0.2, 0.25) is 0 Å². The van der Waals surface area contributed by atoms with Gasteiger partial charge in [-0.2, -0.15) is 0 Å². The van der Waals surface area contributed by atoms with E-state index in [1.165, 1.54) is 0 Å². The predicted octanol–water partition coefficient (Wildman–Crippen LogP) is 0.413. The molecule has 0 aromatic heterocycles. The number of anilines is 1. The summed E-state index contributed by atoms with van der Waals surface area (Å²) in [7, 11) is 0. The number of aliphatic hydroxyl groups excluding tert-OH is 1. The molecule has 0 radical (unpaired) electrons. The number of aliphatic hydroxyl groups is 1. The van der Waals surface area contributed by atoms with Crippen LogP contribution in [-0.2, 0) is 0 Å². The molecule has 0 heterocycles. The second-order valence-corrected chi connectivity index (χ2v) is 2.60. The molecule has 0 aliphatic carbocycles. The highest BCUT2D eigenvalue weighted by molar-refractivity contribution is 5.94. The number of carbonyl (C=O) groups is 1. The van der Waals surface area contributed by atoms with Crippen LogP contribution in [0.1, 0.15) is 10.4 Å². The van der Waals surface area contributed by atoms with E-state index in [-0.39, 0.29) is 31.5 Å². The van der Waals surface area contributed by atoms with E-state index in [0.29, 0.717) is 11.3 Å². The zero-order valence-electron chi connectivity index (χ0n) is 7.56. The molecule has 14 heavy (non-hydrogen) atoms. The van der Waals surface area contributed by atoms with Crippen molar-refractivity contribution >= 4 is 24.0 Å². The van der Waals surface area contributed by atoms with Crippen LogP contribution in [0.15, 0.2) is 24.3 Å². The van der Waals surface area contributed by atoms with E-state index < -0.39 is 0 Å². The smallest absolute Gasteiger partial charge is 0.251 e. The first-order valence-electron chi connectivity index (χ1n) is 3.98. The van der Waals surface area contributed by atoms with Crippen LogP contribution in [0.25, 0.3) is 0 Å². The summed E-state index contributed by atoms with van der Waals surface area (Å²) in [5, 5.41) is 11.0. The van der Waals surface area contributed by atoms with Crippen molar-refractivity contribution in [3.8, 4) is 0 Å². The van der Waals surface area contributed by atoms with Gasteiger partial charge in [0, 0.05) is 17.8 Å². The van der Waals surface area contributed by atoms with Crippen molar-refractivity contribution in [2.24, 2.45) is 0 Å². The van der Waals surface area contributed by atoms with Crippen LogP contribution < -0.4 is 11.1 Å². The quantitative estimate of drug-likeness (QED) is 0.641. The molecule has 5 heteroatoms. The number of hydrogen-bond donors (Lipinski definition) is 3. The maximum Gasteiger partial charge on any atom is 0.251 e. The fraction of sp³-hybridized carbons (Fsp3) is 0.222. The van der Waals surface area contributed by atoms with E-state index in [0.717, 1.165) is 0 Å². The molecule has 0 fully saturated rings. The van der Waals surface area contributed by atoms with Gasteiger partial charge >= 0.3 is 0 Å². The van der Waals surface area contributed by atoms with Gasteiger partial charge < -0.3 is 16.2 Å². The van der Waals surface area contributed by atoms with Gasteiger partial charge in [0.15, 0.2) is 0 Å². The standard InChI is InChI=1S/C9H12N2O2.ClH/c10-8-3-1-2-7(6-8)9(13)11-4-5-12;/h1-3,6,12H,4-5,10H2,(H,11,13);1H. The van der Waals surface area contributed by atoms with Crippen LogP contribution in [0.4, 0.5) is 5.69 Å². The molecule has 0 aliphatic rings. The Morgan fingerprint density at radius 3 is 2.79 bits per heavy atom. The van der Waals surface area contributed by atoms with E-state index in [9.17, 15) is 4.79 Å². The normalized spacial score (nSPS) is 8.93. The predicted molar refractivity (Wildman–Crippen MR) is 57.5 cm³/mol. The number of nitrogen functional groups attached to an aromatic ring is 1. The molecule has 0 spiro atoms. The third kappa shape index (κ3) is 3.64. The van der Waals surface area contributed by atoms with Crippen molar-refractivity contribution in [2.45, 2.75) is 0 Å². The highest BCUT2D eigenvalue weighted by atomic mass is 35.5. The molecule has 0 saturated carbocycles. The van der Waals surface area contributed by atoms with Crippen molar-refractivity contribution in [3.05, 3.63) is 29.8 Å². The SMILES string of the molecule is Cl.Nc1cccc(C(=O)NCCO)c1. The molecule has 4 N–H and O–H groups in total. The lowest BCUT2D eigenvalue weighted by atomic mass is 10.2. The van der Waals surface area contributed by atoms with Crippen LogP contribution in [-0.4, -0.2) is 24.2 Å². The monoisotopic (exact) mass is 216 g/mol. The first-order chi connectivity index (χ1) is 6.24. The van der Waals surface area contributed by atoms with E-state index >= 15 is 0 Å². The molecule has 0 unspecified atom stereocenters. The van der Waals surface area contributed by atoms with Gasteiger partial charge in [-0.15, -0.1) is 12.4 Å². The Balaban J connectivity index is 0.00000169. The molecule has 78 valence electrons. The van der Waals surface area contributed by atoms with Crippen LogP contribution >= 0.6 is 12.4 Å². The Labute approximate surface area is 88.5 Å². The van der Waals surface area contributed by atoms with Crippen molar-refractivity contribution in [1.29, 1.82) is 0 Å². The van der Waals surface area contributed by atoms with Crippen molar-refractivity contribution in [1.82, 2.24) is 5.32 Å². The lowest BCUT2D eigenvalue weighted by Crippen LogP contribution is -2.26. The lowest BCUT2D eigenvalue weighted by molar-refractivity contribution is 0.0945. The van der Waals surface area contributed by atoms with Gasteiger partial charge in [0.1, 0.15) is 0 Å². The van der Waals surface area contributed by atoms with E-state index in [1.54, 1.807) is 24.3 Å². The van der Waals surface area contributed by atoms with Gasteiger partial charge in [-0.1, -0.05) is 6.07 Å². The van der Waals surface area contributed by atoms with E-state index in [4.69, 9.17) is 10.8 Å². The number of rotatable bonds is 3. The molecule has 1 aromatic carbocycles. The van der Waals surface area contributed by atoms with Gasteiger partial charge in [-0.25, -0.2) is 0 Å². The number of carbonyl (C=O) groups excluding carboxylic acids is 1. The second-order valence-electron chi connectivity index (χ2n) is 2.60. The van der Waals surface area contributed by atoms with Gasteiger partial charge in [-0.05, 0) is 18.2 Å². The summed E-state index contributed by atoms with van der Waals surface area (Å²) < 4.78 is 0. The average Bonchev–Trinajstić information content (AvgIpc) is 2.14. The van der Waals surface area contributed by atoms with Gasteiger partial charge in [0.25, 0.3) is 5.91 Å². The topological polar surface area (TPSA) is 75.4 Å². The first kappa shape index (κ1) is 12.7. The van der Waals surface area contributed by atoms with E-state index in [1.807, 2.05) is 0 Å². The van der Waals surface area contributed by atoms with Gasteiger partial charge in [-0.3, -0.25) is 4.79 Å². The summed E-state index contributed by atoms with van der Waals surface area (Å²) in [6.07, 6.45) is 0. The molecule has 0 atom stereocenters. The minimum absolute atomic E-state index is 0. The second kappa shape index (κ2) is 6.23. The largest absolute Gasteiger partial charge is 0.399 e. The fourth-order valence-electron chi connectivity index (χ4n) is 0.951. The summed E-state index contributed by atoms with van der Waals surface area (Å²) in [4.78, 5) is 11.3. The minimum Gasteiger partial charge on any atom is -0.399 e. The van der Waals surface area contributed by atoms with Gasteiger partial charge in [0.2, 0.25) is 0 Å². The van der Waals surface area contributed by atoms with Gasteiger partial charge in [0.05, 0.1) is 6.61 Å². The summed E-state index contributed by atoms with van der Waals surface area (Å²) in [5.74, 6) is -0.221. The Hall–Kier alpha value is -1.26. The molecule has 0 saturated heterocycles. The number of nitrogens with one attached hydrogen (secondary N) is 1. The van der Waals surface area contributed by atoms with Crippen molar-refractivity contribution < 1.29 is 9.90 Å². The molecular weight excluding hydrogens is 204 g/mol. The van der Waals surface area contributed by atoms with Crippen molar-refractivity contribution in [2.75, 3.05) is 18.9 Å². The Morgan fingerprint density at radius 1 is 1.50 bits per heavy atom. The number of hydrogen-bond acceptors (Lipinski definition) is 3. The summed E-state index contributed by atoms with van der Waals surface area (Å²) >= 11 is 0.